The van der Waals surface area contributed by atoms with Crippen molar-refractivity contribution >= 4 is 22.6 Å². The van der Waals surface area contributed by atoms with Crippen LogP contribution in [-0.4, -0.2) is 33.0 Å². The van der Waals surface area contributed by atoms with Gasteiger partial charge >= 0.3 is 0 Å². The van der Waals surface area contributed by atoms with Crippen LogP contribution in [0.25, 0.3) is 22.2 Å². The second-order valence-corrected chi connectivity index (χ2v) is 8.73. The molecule has 0 bridgehead atoms. The number of methoxy groups -OCH3 is 1. The minimum absolute atomic E-state index is 0.00365. The molecule has 186 valence electrons. The lowest BCUT2D eigenvalue weighted by molar-refractivity contribution is 0.0947. The number of carbonyl (C=O) groups excluding carboxylic acids is 1. The topological polar surface area (TPSA) is 128 Å². The Morgan fingerprint density at radius 2 is 2.00 bits per heavy atom. The highest BCUT2D eigenvalue weighted by Crippen LogP contribution is 2.36. The number of aromatic amines is 1. The molecule has 2 aromatic carbocycles. The molecule has 2 heterocycles. The summed E-state index contributed by atoms with van der Waals surface area (Å²) in [6.45, 7) is -0.00365. The van der Waals surface area contributed by atoms with E-state index in [1.165, 1.54) is 31.4 Å². The molecule has 0 aliphatic heterocycles. The summed E-state index contributed by atoms with van der Waals surface area (Å²) in [7, 11) is 1.38. The molecular weight excluding hydrogens is 470 g/mol. The van der Waals surface area contributed by atoms with Gasteiger partial charge in [-0.2, -0.15) is 10.2 Å². The minimum atomic E-state index is -0.595. The molecule has 1 amide bonds. The van der Waals surface area contributed by atoms with Gasteiger partial charge < -0.3 is 15.8 Å². The van der Waals surface area contributed by atoms with Gasteiger partial charge in [-0.05, 0) is 48.7 Å². The molecule has 0 spiro atoms. The van der Waals surface area contributed by atoms with E-state index >= 15 is 4.39 Å². The highest BCUT2D eigenvalue weighted by atomic mass is 19.1. The van der Waals surface area contributed by atoms with Crippen LogP contribution in [0.5, 0.6) is 5.75 Å². The summed E-state index contributed by atoms with van der Waals surface area (Å²) < 4.78 is 35.7. The van der Waals surface area contributed by atoms with Gasteiger partial charge in [0.2, 0.25) is 0 Å². The number of hydrogen-bond donors (Lipinski definition) is 3. The van der Waals surface area contributed by atoms with Gasteiger partial charge in [0.25, 0.3) is 11.5 Å². The number of benzene rings is 2. The molecular formula is C25H24F2N6O3. The summed E-state index contributed by atoms with van der Waals surface area (Å²) in [6.07, 6.45) is 3.79. The third-order valence-corrected chi connectivity index (χ3v) is 6.48. The summed E-state index contributed by atoms with van der Waals surface area (Å²) in [6, 6.07) is 8.09. The fourth-order valence-electron chi connectivity index (χ4n) is 4.71. The average Bonchev–Trinajstić information content (AvgIpc) is 3.54. The first kappa shape index (κ1) is 23.5. The van der Waals surface area contributed by atoms with E-state index in [0.29, 0.717) is 10.9 Å². The van der Waals surface area contributed by atoms with Gasteiger partial charge in [-0.3, -0.25) is 14.3 Å². The van der Waals surface area contributed by atoms with E-state index in [0.717, 1.165) is 31.7 Å². The zero-order chi connectivity index (χ0) is 25.4. The smallest absolute Gasteiger partial charge is 0.290 e. The Kier molecular flexibility index (Phi) is 6.13. The predicted octanol–water partition coefficient (Wildman–Crippen LogP) is 3.70. The zero-order valence-electron chi connectivity index (χ0n) is 19.5. The molecule has 1 aliphatic carbocycles. The lowest BCUT2D eigenvalue weighted by atomic mass is 10.1. The number of halogens is 2. The number of nitrogen functional groups attached to an aromatic ring is 1. The first-order valence-corrected chi connectivity index (χ1v) is 11.5. The van der Waals surface area contributed by atoms with Gasteiger partial charge in [0, 0.05) is 12.1 Å². The predicted molar refractivity (Wildman–Crippen MR) is 130 cm³/mol. The summed E-state index contributed by atoms with van der Waals surface area (Å²) >= 11 is 0. The van der Waals surface area contributed by atoms with Gasteiger partial charge in [-0.1, -0.05) is 18.9 Å². The number of amides is 1. The van der Waals surface area contributed by atoms with Gasteiger partial charge in [-0.15, -0.1) is 0 Å². The SMILES string of the molecule is COc1ccc(F)cc1C(=O)NCc1ccc(-c2nn(C3CCCC3)c3c(=O)[nH]nc(N)c23)c(F)c1. The van der Waals surface area contributed by atoms with E-state index in [4.69, 9.17) is 10.5 Å². The maximum absolute atomic E-state index is 15.3. The summed E-state index contributed by atoms with van der Waals surface area (Å²) in [5, 5.41) is 13.8. The van der Waals surface area contributed by atoms with Crippen LogP contribution in [0, 0.1) is 11.6 Å². The molecule has 5 rings (SSSR count). The number of H-pyrrole nitrogens is 1. The second-order valence-electron chi connectivity index (χ2n) is 8.73. The number of aromatic nitrogens is 4. The number of nitrogens with two attached hydrogens (primary N) is 1. The third-order valence-electron chi connectivity index (χ3n) is 6.48. The maximum atomic E-state index is 15.3. The van der Waals surface area contributed by atoms with Crippen LogP contribution in [0.4, 0.5) is 14.6 Å². The lowest BCUT2D eigenvalue weighted by Gasteiger charge is -2.11. The standard InChI is InChI=1S/C25H24F2N6O3/c1-36-19-9-7-14(26)11-17(19)24(34)29-12-13-6-8-16(18(27)10-13)21-20-22(25(35)31-30-23(20)28)33(32-21)15-4-2-3-5-15/h6-11,15H,2-5,12H2,1H3,(H2,28,30)(H,29,34)(H,31,35). The number of fused-ring (bicyclic) bond motifs is 1. The highest BCUT2D eigenvalue weighted by molar-refractivity contribution is 6.00. The van der Waals surface area contributed by atoms with E-state index in [9.17, 15) is 14.0 Å². The number of hydrogen-bond acceptors (Lipinski definition) is 6. The number of ether oxygens (including phenoxy) is 1. The van der Waals surface area contributed by atoms with Crippen molar-refractivity contribution < 1.29 is 18.3 Å². The number of nitrogens with zero attached hydrogens (tertiary/aromatic N) is 3. The molecule has 36 heavy (non-hydrogen) atoms. The van der Waals surface area contributed by atoms with Crippen molar-refractivity contribution in [3.05, 3.63) is 69.5 Å². The van der Waals surface area contributed by atoms with E-state index in [1.807, 2.05) is 0 Å². The molecule has 0 saturated heterocycles. The average molecular weight is 495 g/mol. The molecule has 1 saturated carbocycles. The number of anilines is 1. The fourth-order valence-corrected chi connectivity index (χ4v) is 4.71. The zero-order valence-corrected chi connectivity index (χ0v) is 19.5. The molecule has 0 atom stereocenters. The molecule has 0 unspecified atom stereocenters. The van der Waals surface area contributed by atoms with Crippen molar-refractivity contribution in [1.82, 2.24) is 25.3 Å². The van der Waals surface area contributed by atoms with Crippen LogP contribution in [0.1, 0.15) is 47.6 Å². The van der Waals surface area contributed by atoms with Gasteiger partial charge in [0.05, 0.1) is 24.1 Å². The van der Waals surface area contributed by atoms with Crippen LogP contribution >= 0.6 is 0 Å². The Bertz CT molecular complexity index is 1520. The molecule has 11 heteroatoms. The summed E-state index contributed by atoms with van der Waals surface area (Å²) in [5.74, 6) is -1.45. The van der Waals surface area contributed by atoms with Crippen LogP contribution in [0.15, 0.2) is 41.2 Å². The quantitative estimate of drug-likeness (QED) is 0.375. The molecule has 0 radical (unpaired) electrons. The van der Waals surface area contributed by atoms with Crippen LogP contribution in [0.2, 0.25) is 0 Å². The molecule has 1 aliphatic rings. The van der Waals surface area contributed by atoms with Crippen LogP contribution < -0.4 is 21.3 Å². The fraction of sp³-hybridized carbons (Fsp3) is 0.280. The monoisotopic (exact) mass is 494 g/mol. The molecule has 4 N–H and O–H groups in total. The summed E-state index contributed by atoms with van der Waals surface area (Å²) in [5.41, 5.74) is 6.85. The van der Waals surface area contributed by atoms with Crippen molar-refractivity contribution in [2.75, 3.05) is 12.8 Å². The third kappa shape index (κ3) is 4.16. The van der Waals surface area contributed by atoms with E-state index < -0.39 is 23.1 Å². The van der Waals surface area contributed by atoms with Crippen molar-refractivity contribution in [3.8, 4) is 17.0 Å². The molecule has 4 aromatic rings. The van der Waals surface area contributed by atoms with Crippen LogP contribution in [0.3, 0.4) is 0 Å². The first-order valence-electron chi connectivity index (χ1n) is 11.5. The second kappa shape index (κ2) is 9.40. The van der Waals surface area contributed by atoms with E-state index in [2.05, 4.69) is 20.6 Å². The van der Waals surface area contributed by atoms with Gasteiger partial charge in [-0.25, -0.2) is 13.9 Å². The van der Waals surface area contributed by atoms with Gasteiger partial charge in [0.1, 0.15) is 28.6 Å². The van der Waals surface area contributed by atoms with Crippen molar-refractivity contribution in [2.24, 2.45) is 0 Å². The lowest BCUT2D eigenvalue weighted by Crippen LogP contribution is -2.23. The molecule has 9 nitrogen and oxygen atoms in total. The Hall–Kier alpha value is -4.28. The van der Waals surface area contributed by atoms with E-state index in [-0.39, 0.29) is 46.5 Å². The van der Waals surface area contributed by atoms with Crippen molar-refractivity contribution in [3.63, 3.8) is 0 Å². The Labute approximate surface area is 204 Å². The minimum Gasteiger partial charge on any atom is -0.496 e. The normalized spacial score (nSPS) is 13.9. The van der Waals surface area contributed by atoms with Crippen molar-refractivity contribution in [1.29, 1.82) is 0 Å². The molecule has 1 fully saturated rings. The number of carbonyl (C=O) groups is 1. The number of rotatable bonds is 6. The Morgan fingerprint density at radius 1 is 1.22 bits per heavy atom. The summed E-state index contributed by atoms with van der Waals surface area (Å²) in [4.78, 5) is 25.2. The largest absolute Gasteiger partial charge is 0.496 e. The molecule has 2 aromatic heterocycles. The van der Waals surface area contributed by atoms with E-state index in [1.54, 1.807) is 10.7 Å². The van der Waals surface area contributed by atoms with Crippen molar-refractivity contribution in [2.45, 2.75) is 38.3 Å². The number of nitrogens with one attached hydrogen (secondary N) is 2. The Balaban J connectivity index is 1.45. The maximum Gasteiger partial charge on any atom is 0.290 e. The van der Waals surface area contributed by atoms with Gasteiger partial charge in [0.15, 0.2) is 5.82 Å². The first-order chi connectivity index (χ1) is 17.4. The van der Waals surface area contributed by atoms with Crippen LogP contribution in [-0.2, 0) is 6.54 Å². The highest BCUT2D eigenvalue weighted by Gasteiger charge is 2.26. The Morgan fingerprint density at radius 3 is 2.72 bits per heavy atom.